The summed E-state index contributed by atoms with van der Waals surface area (Å²) in [5, 5.41) is 0. The van der Waals surface area contributed by atoms with E-state index in [0.717, 1.165) is 18.4 Å². The van der Waals surface area contributed by atoms with Crippen LogP contribution in [0.3, 0.4) is 0 Å². The molecule has 0 spiro atoms. The Hall–Kier alpha value is -1.56. The van der Waals surface area contributed by atoms with E-state index < -0.39 is 24.9 Å². The van der Waals surface area contributed by atoms with Crippen molar-refractivity contribution in [3.63, 3.8) is 0 Å². The maximum Gasteiger partial charge on any atom is 0.389 e. The first kappa shape index (κ1) is 16.8. The second kappa shape index (κ2) is 7.63. The summed E-state index contributed by atoms with van der Waals surface area (Å²) in [6.07, 6.45) is -4.19. The van der Waals surface area contributed by atoms with Crippen molar-refractivity contribution in [1.29, 1.82) is 0 Å². The lowest BCUT2D eigenvalue weighted by atomic mass is 10.1. The van der Waals surface area contributed by atoms with Gasteiger partial charge in [0.05, 0.1) is 12.5 Å². The molecule has 1 heterocycles. The quantitative estimate of drug-likeness (QED) is 0.803. The van der Waals surface area contributed by atoms with Crippen LogP contribution >= 0.6 is 0 Å². The molecular weight excluding hydrogens is 295 g/mol. The normalized spacial score (nSPS) is 18.4. The van der Waals surface area contributed by atoms with Gasteiger partial charge in [-0.1, -0.05) is 30.3 Å². The molecule has 0 N–H and O–H groups in total. The van der Waals surface area contributed by atoms with E-state index >= 15 is 0 Å². The van der Waals surface area contributed by atoms with Gasteiger partial charge in [-0.15, -0.1) is 0 Å². The lowest BCUT2D eigenvalue weighted by Gasteiger charge is -2.26. The summed E-state index contributed by atoms with van der Waals surface area (Å²) in [4.78, 5) is 13.6. The van der Waals surface area contributed by atoms with Crippen LogP contribution in [0.15, 0.2) is 30.3 Å². The van der Waals surface area contributed by atoms with Gasteiger partial charge in [-0.05, 0) is 18.4 Å². The Balaban J connectivity index is 1.98. The number of halogens is 3. The molecule has 1 aliphatic rings. The van der Waals surface area contributed by atoms with Crippen LogP contribution in [0.2, 0.25) is 0 Å². The first-order chi connectivity index (χ1) is 10.4. The summed E-state index contributed by atoms with van der Waals surface area (Å²) in [5.41, 5.74) is 0.904. The van der Waals surface area contributed by atoms with Crippen LogP contribution in [0.5, 0.6) is 0 Å². The number of alkyl halides is 3. The standard InChI is InChI=1S/C16H20F3NO2/c17-16(18,19)9-8-15(21)20(12-14-7-4-10-22-14)11-13-5-2-1-3-6-13/h1-3,5-6,14H,4,7-12H2/t14-/m1/s1. The molecule has 1 aliphatic heterocycles. The predicted octanol–water partition coefficient (Wildman–Crippen LogP) is 3.54. The van der Waals surface area contributed by atoms with Gasteiger partial charge in [-0.25, -0.2) is 0 Å². The average Bonchev–Trinajstić information content (AvgIpc) is 2.97. The zero-order valence-corrected chi connectivity index (χ0v) is 12.3. The molecule has 1 atom stereocenters. The molecule has 0 unspecified atom stereocenters. The monoisotopic (exact) mass is 315 g/mol. The van der Waals surface area contributed by atoms with E-state index in [-0.39, 0.29) is 6.10 Å². The van der Waals surface area contributed by atoms with Crippen molar-refractivity contribution in [2.75, 3.05) is 13.2 Å². The van der Waals surface area contributed by atoms with Crippen LogP contribution in [0.4, 0.5) is 13.2 Å². The smallest absolute Gasteiger partial charge is 0.376 e. The summed E-state index contributed by atoms with van der Waals surface area (Å²) >= 11 is 0. The Morgan fingerprint density at radius 1 is 1.27 bits per heavy atom. The molecule has 0 aromatic heterocycles. The van der Waals surface area contributed by atoms with Gasteiger partial charge in [0.1, 0.15) is 0 Å². The SMILES string of the molecule is O=C(CCC(F)(F)F)N(Cc1ccccc1)C[C@H]1CCCO1. The molecule has 3 nitrogen and oxygen atoms in total. The molecule has 1 amide bonds. The number of nitrogens with zero attached hydrogens (tertiary/aromatic N) is 1. The number of carbonyl (C=O) groups excluding carboxylic acids is 1. The highest BCUT2D eigenvalue weighted by Gasteiger charge is 2.30. The van der Waals surface area contributed by atoms with Gasteiger partial charge in [0.15, 0.2) is 0 Å². The Morgan fingerprint density at radius 3 is 2.59 bits per heavy atom. The Kier molecular flexibility index (Phi) is 5.83. The van der Waals surface area contributed by atoms with Crippen molar-refractivity contribution >= 4 is 5.91 Å². The molecule has 6 heteroatoms. The fourth-order valence-electron chi connectivity index (χ4n) is 2.50. The molecule has 1 aromatic carbocycles. The highest BCUT2D eigenvalue weighted by molar-refractivity contribution is 5.76. The van der Waals surface area contributed by atoms with E-state index in [9.17, 15) is 18.0 Å². The van der Waals surface area contributed by atoms with Gasteiger partial charge in [0, 0.05) is 26.1 Å². The highest BCUT2D eigenvalue weighted by Crippen LogP contribution is 2.23. The molecule has 1 saturated heterocycles. The zero-order chi connectivity index (χ0) is 16.0. The molecule has 0 saturated carbocycles. The first-order valence-electron chi connectivity index (χ1n) is 7.44. The van der Waals surface area contributed by atoms with Gasteiger partial charge in [-0.3, -0.25) is 4.79 Å². The number of rotatable bonds is 6. The number of hydrogen-bond acceptors (Lipinski definition) is 2. The second-order valence-corrected chi connectivity index (χ2v) is 5.51. The second-order valence-electron chi connectivity index (χ2n) is 5.51. The minimum atomic E-state index is -4.31. The molecule has 1 aromatic rings. The van der Waals surface area contributed by atoms with E-state index in [1.54, 1.807) is 0 Å². The summed E-state index contributed by atoms with van der Waals surface area (Å²) in [5.74, 6) is -0.475. The van der Waals surface area contributed by atoms with E-state index in [0.29, 0.717) is 19.7 Å². The summed E-state index contributed by atoms with van der Waals surface area (Å²) in [6.45, 7) is 1.32. The first-order valence-corrected chi connectivity index (χ1v) is 7.44. The van der Waals surface area contributed by atoms with E-state index in [1.165, 1.54) is 4.90 Å². The Bertz CT molecular complexity index is 470. The molecule has 1 fully saturated rings. The Labute approximate surface area is 128 Å². The van der Waals surface area contributed by atoms with E-state index in [2.05, 4.69) is 0 Å². The maximum atomic E-state index is 12.3. The third-order valence-electron chi connectivity index (χ3n) is 3.64. The van der Waals surface area contributed by atoms with Crippen molar-refractivity contribution in [1.82, 2.24) is 4.90 Å². The van der Waals surface area contributed by atoms with Gasteiger partial charge in [0.25, 0.3) is 0 Å². The molecule has 0 aliphatic carbocycles. The van der Waals surface area contributed by atoms with Crippen LogP contribution in [-0.4, -0.2) is 36.2 Å². The number of carbonyl (C=O) groups is 1. The largest absolute Gasteiger partial charge is 0.389 e. The number of hydrogen-bond donors (Lipinski definition) is 0. The third kappa shape index (κ3) is 5.67. The van der Waals surface area contributed by atoms with Gasteiger partial charge in [-0.2, -0.15) is 13.2 Å². The Morgan fingerprint density at radius 2 is 2.00 bits per heavy atom. The van der Waals surface area contributed by atoms with Gasteiger partial charge < -0.3 is 9.64 Å². The minimum absolute atomic E-state index is 0.0708. The molecule has 122 valence electrons. The topological polar surface area (TPSA) is 29.5 Å². The third-order valence-corrected chi connectivity index (χ3v) is 3.64. The van der Waals surface area contributed by atoms with Gasteiger partial charge >= 0.3 is 6.18 Å². The van der Waals surface area contributed by atoms with Crippen LogP contribution in [0.25, 0.3) is 0 Å². The highest BCUT2D eigenvalue weighted by atomic mass is 19.4. The fourth-order valence-corrected chi connectivity index (χ4v) is 2.50. The minimum Gasteiger partial charge on any atom is -0.376 e. The van der Waals surface area contributed by atoms with Crippen molar-refractivity contribution in [3.8, 4) is 0 Å². The number of ether oxygens (including phenoxy) is 1. The zero-order valence-electron chi connectivity index (χ0n) is 12.3. The molecule has 0 radical (unpaired) electrons. The number of benzene rings is 1. The summed E-state index contributed by atoms with van der Waals surface area (Å²) in [7, 11) is 0. The molecular formula is C16H20F3NO2. The van der Waals surface area contributed by atoms with Gasteiger partial charge in [0.2, 0.25) is 5.91 Å². The van der Waals surface area contributed by atoms with Crippen molar-refractivity contribution in [2.24, 2.45) is 0 Å². The molecule has 22 heavy (non-hydrogen) atoms. The van der Waals surface area contributed by atoms with Crippen molar-refractivity contribution < 1.29 is 22.7 Å². The van der Waals surface area contributed by atoms with Crippen molar-refractivity contribution in [3.05, 3.63) is 35.9 Å². The molecule has 2 rings (SSSR count). The van der Waals surface area contributed by atoms with Crippen LogP contribution in [-0.2, 0) is 16.1 Å². The fraction of sp³-hybridized carbons (Fsp3) is 0.562. The molecule has 0 bridgehead atoms. The van der Waals surface area contributed by atoms with E-state index in [4.69, 9.17) is 4.74 Å². The van der Waals surface area contributed by atoms with E-state index in [1.807, 2.05) is 30.3 Å². The average molecular weight is 315 g/mol. The lowest BCUT2D eigenvalue weighted by molar-refractivity contribution is -0.150. The van der Waals surface area contributed by atoms with Crippen LogP contribution in [0, 0.1) is 0 Å². The maximum absolute atomic E-state index is 12.3. The predicted molar refractivity (Wildman–Crippen MR) is 76.1 cm³/mol. The van der Waals surface area contributed by atoms with Crippen molar-refractivity contribution in [2.45, 2.75) is 44.5 Å². The van der Waals surface area contributed by atoms with Crippen LogP contribution < -0.4 is 0 Å². The lowest BCUT2D eigenvalue weighted by Crippen LogP contribution is -2.37. The summed E-state index contributed by atoms with van der Waals surface area (Å²) in [6, 6.07) is 9.28. The van der Waals surface area contributed by atoms with Crippen LogP contribution in [0.1, 0.15) is 31.2 Å². The summed E-state index contributed by atoms with van der Waals surface area (Å²) < 4.78 is 42.4. The number of amides is 1.